The van der Waals surface area contributed by atoms with E-state index in [9.17, 15) is 5.11 Å². The van der Waals surface area contributed by atoms with Crippen LogP contribution in [0, 0.1) is 0 Å². The largest absolute Gasteiger partial charge is 0.383 e. The van der Waals surface area contributed by atoms with Crippen LogP contribution in [0.4, 0.5) is 0 Å². The summed E-state index contributed by atoms with van der Waals surface area (Å²) in [5.41, 5.74) is 0.804. The second kappa shape index (κ2) is 5.19. The maximum Gasteiger partial charge on any atom is 0.116 e. The predicted molar refractivity (Wildman–Crippen MR) is 75.2 cm³/mol. The Bertz CT molecular complexity index is 512. The van der Waals surface area contributed by atoms with Crippen molar-refractivity contribution in [2.45, 2.75) is 6.10 Å². The number of halogens is 3. The topological polar surface area (TPSA) is 20.2 Å². The van der Waals surface area contributed by atoms with Crippen molar-refractivity contribution in [1.29, 1.82) is 0 Å². The van der Waals surface area contributed by atoms with Gasteiger partial charge in [-0.3, -0.25) is 0 Å². The summed E-state index contributed by atoms with van der Waals surface area (Å²) in [6.07, 6.45) is -0.695. The number of rotatable bonds is 2. The Kier molecular flexibility index (Phi) is 4.08. The van der Waals surface area contributed by atoms with Crippen molar-refractivity contribution < 1.29 is 5.11 Å². The van der Waals surface area contributed by atoms with Crippen molar-refractivity contribution in [1.82, 2.24) is 0 Å². The lowest BCUT2D eigenvalue weighted by Gasteiger charge is -2.12. The lowest BCUT2D eigenvalue weighted by atomic mass is 10.1. The van der Waals surface area contributed by atoms with Crippen molar-refractivity contribution in [3.63, 3.8) is 0 Å². The van der Waals surface area contributed by atoms with E-state index in [4.69, 9.17) is 11.6 Å². The highest BCUT2D eigenvalue weighted by Crippen LogP contribution is 2.36. The molecular formula is C11H7Br2ClOS. The van der Waals surface area contributed by atoms with Gasteiger partial charge in [-0.1, -0.05) is 43.5 Å². The number of hydrogen-bond donors (Lipinski definition) is 1. The molecule has 0 saturated carbocycles. The zero-order chi connectivity index (χ0) is 11.7. The Morgan fingerprint density at radius 3 is 2.62 bits per heavy atom. The fourth-order valence-corrected chi connectivity index (χ4v) is 3.37. The first-order valence-electron chi connectivity index (χ1n) is 4.45. The molecule has 2 rings (SSSR count). The van der Waals surface area contributed by atoms with Gasteiger partial charge < -0.3 is 5.11 Å². The van der Waals surface area contributed by atoms with Crippen molar-refractivity contribution in [3.05, 3.63) is 54.1 Å². The van der Waals surface area contributed by atoms with Gasteiger partial charge >= 0.3 is 0 Å². The molecule has 2 aromatic rings. The van der Waals surface area contributed by atoms with E-state index >= 15 is 0 Å². The number of thiophene rings is 1. The molecule has 1 atom stereocenters. The molecule has 5 heteroatoms. The van der Waals surface area contributed by atoms with Gasteiger partial charge in [0.15, 0.2) is 0 Å². The summed E-state index contributed by atoms with van der Waals surface area (Å²) < 4.78 is 1.80. The number of aliphatic hydroxyl groups is 1. The standard InChI is InChI=1S/C11H7Br2ClOS/c12-6-1-2-8(13)7(5-6)10(15)11-9(14)3-4-16-11/h1-5,10,15H. The molecule has 84 valence electrons. The number of benzene rings is 1. The van der Waals surface area contributed by atoms with Crippen LogP contribution in [0.2, 0.25) is 5.02 Å². The Labute approximate surface area is 119 Å². The second-order valence-corrected chi connectivity index (χ2v) is 6.33. The molecule has 0 fully saturated rings. The first-order chi connectivity index (χ1) is 7.59. The predicted octanol–water partition coefficient (Wildman–Crippen LogP) is 5.01. The van der Waals surface area contributed by atoms with Gasteiger partial charge in [0, 0.05) is 14.5 Å². The zero-order valence-corrected chi connectivity index (χ0v) is 12.7. The van der Waals surface area contributed by atoms with Crippen molar-refractivity contribution >= 4 is 54.8 Å². The summed E-state index contributed by atoms with van der Waals surface area (Å²) >= 11 is 14.3. The van der Waals surface area contributed by atoms with Gasteiger partial charge in [-0.25, -0.2) is 0 Å². The second-order valence-electron chi connectivity index (χ2n) is 3.20. The third-order valence-electron chi connectivity index (χ3n) is 2.15. The fraction of sp³-hybridized carbons (Fsp3) is 0.0909. The molecule has 1 unspecified atom stereocenters. The molecule has 0 aliphatic heterocycles. The van der Waals surface area contributed by atoms with Crippen LogP contribution in [0.1, 0.15) is 16.5 Å². The molecular weight excluding hydrogens is 375 g/mol. The van der Waals surface area contributed by atoms with E-state index in [1.807, 2.05) is 23.6 Å². The number of aliphatic hydroxyl groups excluding tert-OH is 1. The quantitative estimate of drug-likeness (QED) is 0.774. The van der Waals surface area contributed by atoms with E-state index in [1.165, 1.54) is 11.3 Å². The highest BCUT2D eigenvalue weighted by atomic mass is 79.9. The Balaban J connectivity index is 2.45. The van der Waals surface area contributed by atoms with Gasteiger partial charge in [-0.05, 0) is 29.6 Å². The molecule has 0 saturated heterocycles. The minimum atomic E-state index is -0.695. The van der Waals surface area contributed by atoms with E-state index in [-0.39, 0.29) is 0 Å². The van der Waals surface area contributed by atoms with E-state index in [0.29, 0.717) is 5.02 Å². The average molecular weight is 383 g/mol. The molecule has 0 radical (unpaired) electrons. The normalized spacial score (nSPS) is 12.8. The van der Waals surface area contributed by atoms with Crippen LogP contribution in [0.25, 0.3) is 0 Å². The van der Waals surface area contributed by atoms with Gasteiger partial charge in [0.05, 0.1) is 9.90 Å². The third kappa shape index (κ3) is 2.51. The third-order valence-corrected chi connectivity index (χ3v) is 4.77. The van der Waals surface area contributed by atoms with Crippen LogP contribution in [0.3, 0.4) is 0 Å². The molecule has 1 N–H and O–H groups in total. The Morgan fingerprint density at radius 1 is 1.25 bits per heavy atom. The highest BCUT2D eigenvalue weighted by molar-refractivity contribution is 9.11. The summed E-state index contributed by atoms with van der Waals surface area (Å²) in [6.45, 7) is 0. The van der Waals surface area contributed by atoms with E-state index in [0.717, 1.165) is 19.4 Å². The SMILES string of the molecule is OC(c1cc(Br)ccc1Br)c1sccc1Cl. The van der Waals surface area contributed by atoms with E-state index < -0.39 is 6.10 Å². The average Bonchev–Trinajstić information content (AvgIpc) is 2.67. The summed E-state index contributed by atoms with van der Waals surface area (Å²) in [6, 6.07) is 7.47. The van der Waals surface area contributed by atoms with E-state index in [1.54, 1.807) is 6.07 Å². The lowest BCUT2D eigenvalue weighted by molar-refractivity contribution is 0.223. The van der Waals surface area contributed by atoms with Crippen LogP contribution in [-0.4, -0.2) is 5.11 Å². The molecule has 1 heterocycles. The molecule has 1 aromatic carbocycles. The van der Waals surface area contributed by atoms with Gasteiger partial charge in [-0.2, -0.15) is 0 Å². The summed E-state index contributed by atoms with van der Waals surface area (Å²) in [5.74, 6) is 0. The molecule has 0 amide bonds. The van der Waals surface area contributed by atoms with Crippen LogP contribution < -0.4 is 0 Å². The maximum atomic E-state index is 10.2. The first kappa shape index (κ1) is 12.6. The number of hydrogen-bond acceptors (Lipinski definition) is 2. The zero-order valence-electron chi connectivity index (χ0n) is 7.95. The molecule has 16 heavy (non-hydrogen) atoms. The van der Waals surface area contributed by atoms with Crippen LogP contribution in [-0.2, 0) is 0 Å². The minimum absolute atomic E-state index is 0.601. The highest BCUT2D eigenvalue weighted by Gasteiger charge is 2.18. The molecule has 1 aromatic heterocycles. The minimum Gasteiger partial charge on any atom is -0.383 e. The molecule has 0 bridgehead atoms. The first-order valence-corrected chi connectivity index (χ1v) is 7.30. The lowest BCUT2D eigenvalue weighted by Crippen LogP contribution is -1.98. The fourth-order valence-electron chi connectivity index (χ4n) is 1.37. The molecule has 0 aliphatic carbocycles. The monoisotopic (exact) mass is 380 g/mol. The van der Waals surface area contributed by atoms with Crippen molar-refractivity contribution in [3.8, 4) is 0 Å². The smallest absolute Gasteiger partial charge is 0.116 e. The van der Waals surface area contributed by atoms with Gasteiger partial charge in [0.2, 0.25) is 0 Å². The Hall–Kier alpha value is 0.130. The van der Waals surface area contributed by atoms with Gasteiger partial charge in [0.1, 0.15) is 6.10 Å². The van der Waals surface area contributed by atoms with Crippen LogP contribution >= 0.6 is 54.8 Å². The van der Waals surface area contributed by atoms with Crippen molar-refractivity contribution in [2.24, 2.45) is 0 Å². The van der Waals surface area contributed by atoms with Crippen LogP contribution in [0.5, 0.6) is 0 Å². The van der Waals surface area contributed by atoms with Gasteiger partial charge in [-0.15, -0.1) is 11.3 Å². The van der Waals surface area contributed by atoms with Crippen LogP contribution in [0.15, 0.2) is 38.6 Å². The molecule has 0 aliphatic rings. The molecule has 0 spiro atoms. The van der Waals surface area contributed by atoms with E-state index in [2.05, 4.69) is 31.9 Å². The summed E-state index contributed by atoms with van der Waals surface area (Å²) in [7, 11) is 0. The summed E-state index contributed by atoms with van der Waals surface area (Å²) in [5, 5.41) is 12.7. The Morgan fingerprint density at radius 2 is 2.00 bits per heavy atom. The maximum absolute atomic E-state index is 10.2. The summed E-state index contributed by atoms with van der Waals surface area (Å²) in [4.78, 5) is 0.764. The molecule has 1 nitrogen and oxygen atoms in total. The van der Waals surface area contributed by atoms with Gasteiger partial charge in [0.25, 0.3) is 0 Å². The van der Waals surface area contributed by atoms with Crippen molar-refractivity contribution in [2.75, 3.05) is 0 Å².